The Morgan fingerprint density at radius 3 is 2.88 bits per heavy atom. The van der Waals surface area contributed by atoms with E-state index in [-0.39, 0.29) is 5.91 Å². The molecule has 2 heterocycles. The van der Waals surface area contributed by atoms with Gasteiger partial charge in [-0.15, -0.1) is 10.2 Å². The number of aryl methyl sites for hydroxylation is 1. The molecule has 1 N–H and O–H groups in total. The van der Waals surface area contributed by atoms with Gasteiger partial charge in [0.1, 0.15) is 10.8 Å². The van der Waals surface area contributed by atoms with Gasteiger partial charge in [0, 0.05) is 23.2 Å². The molecule has 0 saturated carbocycles. The summed E-state index contributed by atoms with van der Waals surface area (Å²) >= 11 is 4.77. The number of anilines is 1. The lowest BCUT2D eigenvalue weighted by atomic mass is 10.3. The molecule has 0 spiro atoms. The monoisotopic (exact) mass is 418 g/mol. The van der Waals surface area contributed by atoms with Crippen LogP contribution in [-0.4, -0.2) is 21.1 Å². The number of hydrogen-bond donors (Lipinski definition) is 1. The molecular weight excluding hydrogens is 404 g/mol. The van der Waals surface area contributed by atoms with Crippen molar-refractivity contribution in [1.29, 1.82) is 0 Å². The summed E-state index contributed by atoms with van der Waals surface area (Å²) in [5.41, 5.74) is 0.425. The van der Waals surface area contributed by atoms with E-state index in [2.05, 4.69) is 43.4 Å². The van der Waals surface area contributed by atoms with Crippen molar-refractivity contribution in [3.63, 3.8) is 0 Å². The maximum absolute atomic E-state index is 12.2. The lowest BCUT2D eigenvalue weighted by Crippen LogP contribution is -2.12. The summed E-state index contributed by atoms with van der Waals surface area (Å²) in [6.45, 7) is 2.07. The Labute approximate surface area is 157 Å². The van der Waals surface area contributed by atoms with E-state index in [4.69, 9.17) is 4.74 Å². The number of rotatable bonds is 6. The molecule has 6 nitrogen and oxygen atoms in total. The van der Waals surface area contributed by atoms with E-state index in [1.165, 1.54) is 17.5 Å². The number of benzene rings is 1. The lowest BCUT2D eigenvalue weighted by molar-refractivity contribution is 0.102. The van der Waals surface area contributed by atoms with E-state index < -0.39 is 0 Å². The number of aromatic nitrogens is 3. The Balaban J connectivity index is 1.63. The van der Waals surface area contributed by atoms with Crippen molar-refractivity contribution in [3.8, 4) is 11.6 Å². The molecule has 0 radical (unpaired) electrons. The van der Waals surface area contributed by atoms with Crippen molar-refractivity contribution < 1.29 is 9.53 Å². The molecule has 3 rings (SSSR count). The number of nitrogens with one attached hydrogen (secondary N) is 1. The zero-order valence-electron chi connectivity index (χ0n) is 13.4. The molecule has 1 amide bonds. The smallest absolute Gasteiger partial charge is 0.259 e. The van der Waals surface area contributed by atoms with Crippen LogP contribution in [0.2, 0.25) is 0 Å². The maximum atomic E-state index is 12.2. The average molecular weight is 419 g/mol. The highest BCUT2D eigenvalue weighted by Gasteiger charge is 2.11. The molecular formula is C17H15BrN4O2S. The Morgan fingerprint density at radius 2 is 2.16 bits per heavy atom. The van der Waals surface area contributed by atoms with Crippen LogP contribution in [-0.2, 0) is 6.42 Å². The van der Waals surface area contributed by atoms with E-state index in [1.54, 1.807) is 12.1 Å². The average Bonchev–Trinajstić information content (AvgIpc) is 3.03. The predicted molar refractivity (Wildman–Crippen MR) is 100 cm³/mol. The molecule has 0 aliphatic heterocycles. The summed E-state index contributed by atoms with van der Waals surface area (Å²) in [6, 6.07) is 10.8. The molecule has 3 aromatic rings. The number of ether oxygens (including phenoxy) is 1. The summed E-state index contributed by atoms with van der Waals surface area (Å²) in [6.07, 6.45) is 3.32. The van der Waals surface area contributed by atoms with Crippen molar-refractivity contribution in [1.82, 2.24) is 15.2 Å². The van der Waals surface area contributed by atoms with Gasteiger partial charge in [-0.2, -0.15) is 0 Å². The lowest BCUT2D eigenvalue weighted by Gasteiger charge is -2.06. The van der Waals surface area contributed by atoms with Gasteiger partial charge in [-0.1, -0.05) is 40.3 Å². The zero-order valence-corrected chi connectivity index (χ0v) is 15.8. The van der Waals surface area contributed by atoms with Gasteiger partial charge in [-0.25, -0.2) is 4.98 Å². The molecule has 0 unspecified atom stereocenters. The van der Waals surface area contributed by atoms with Gasteiger partial charge in [0.15, 0.2) is 0 Å². The zero-order chi connectivity index (χ0) is 17.6. The highest BCUT2D eigenvalue weighted by atomic mass is 79.9. The van der Waals surface area contributed by atoms with Gasteiger partial charge in [-0.3, -0.25) is 10.1 Å². The van der Waals surface area contributed by atoms with Crippen LogP contribution < -0.4 is 10.1 Å². The highest BCUT2D eigenvalue weighted by molar-refractivity contribution is 9.10. The van der Waals surface area contributed by atoms with Gasteiger partial charge in [0.05, 0.1) is 5.56 Å². The van der Waals surface area contributed by atoms with Crippen LogP contribution in [0.15, 0.2) is 47.1 Å². The molecule has 1 aromatic carbocycles. The van der Waals surface area contributed by atoms with Crippen LogP contribution in [0.4, 0.5) is 5.13 Å². The Bertz CT molecular complexity index is 867. The summed E-state index contributed by atoms with van der Waals surface area (Å²) in [7, 11) is 0. The molecule has 2 aromatic heterocycles. The minimum atomic E-state index is -0.277. The first-order valence-corrected chi connectivity index (χ1v) is 9.28. The molecule has 0 fully saturated rings. The maximum Gasteiger partial charge on any atom is 0.259 e. The molecule has 0 bridgehead atoms. The number of amides is 1. The van der Waals surface area contributed by atoms with E-state index >= 15 is 0 Å². The first kappa shape index (κ1) is 17.5. The minimum absolute atomic E-state index is 0.277. The van der Waals surface area contributed by atoms with Crippen LogP contribution in [0, 0.1) is 0 Å². The van der Waals surface area contributed by atoms with Crippen LogP contribution in [0.3, 0.4) is 0 Å². The second kappa shape index (κ2) is 8.17. The molecule has 25 heavy (non-hydrogen) atoms. The number of hydrogen-bond acceptors (Lipinski definition) is 6. The van der Waals surface area contributed by atoms with Crippen LogP contribution in [0.1, 0.15) is 28.7 Å². The number of pyridine rings is 1. The highest BCUT2D eigenvalue weighted by Crippen LogP contribution is 2.23. The van der Waals surface area contributed by atoms with Crippen LogP contribution in [0.5, 0.6) is 11.6 Å². The predicted octanol–water partition coefficient (Wildman–Crippen LogP) is 4.69. The third-order valence-corrected chi connectivity index (χ3v) is 4.56. The van der Waals surface area contributed by atoms with Gasteiger partial charge in [-0.05, 0) is 30.7 Å². The standard InChI is InChI=1S/C17H15BrN4O2S/c1-2-4-15-21-22-17(25-15)20-16(23)11-7-8-14(19-10-11)24-13-6-3-5-12(18)9-13/h3,5-10H,2,4H2,1H3,(H,20,22,23). The summed E-state index contributed by atoms with van der Waals surface area (Å²) in [4.78, 5) is 16.4. The van der Waals surface area contributed by atoms with Crippen LogP contribution in [0.25, 0.3) is 0 Å². The SMILES string of the molecule is CCCc1nnc(NC(=O)c2ccc(Oc3cccc(Br)c3)nc2)s1. The Kier molecular flexibility index (Phi) is 5.72. The molecule has 0 saturated heterocycles. The van der Waals surface area contributed by atoms with Crippen molar-refractivity contribution in [2.75, 3.05) is 5.32 Å². The molecule has 0 aliphatic rings. The second-order valence-corrected chi connectivity index (χ2v) is 7.13. The van der Waals surface area contributed by atoms with Crippen molar-refractivity contribution >= 4 is 38.3 Å². The number of halogens is 1. The van der Waals surface area contributed by atoms with Crippen molar-refractivity contribution in [2.24, 2.45) is 0 Å². The Morgan fingerprint density at radius 1 is 1.28 bits per heavy atom. The first-order chi connectivity index (χ1) is 12.1. The fourth-order valence-electron chi connectivity index (χ4n) is 2.01. The van der Waals surface area contributed by atoms with Gasteiger partial charge < -0.3 is 4.74 Å². The Hall–Kier alpha value is -2.32. The quantitative estimate of drug-likeness (QED) is 0.627. The van der Waals surface area contributed by atoms with Gasteiger partial charge >= 0.3 is 0 Å². The molecule has 8 heteroatoms. The fourth-order valence-corrected chi connectivity index (χ4v) is 3.23. The van der Waals surface area contributed by atoms with E-state index in [1.807, 2.05) is 24.3 Å². The number of carbonyl (C=O) groups is 1. The van der Waals surface area contributed by atoms with E-state index in [0.29, 0.717) is 22.3 Å². The number of nitrogens with zero attached hydrogens (tertiary/aromatic N) is 3. The largest absolute Gasteiger partial charge is 0.439 e. The summed E-state index contributed by atoms with van der Waals surface area (Å²) in [5, 5.41) is 12.1. The second-order valence-electron chi connectivity index (χ2n) is 5.15. The van der Waals surface area contributed by atoms with Gasteiger partial charge in [0.25, 0.3) is 5.91 Å². The third-order valence-electron chi connectivity index (χ3n) is 3.17. The van der Waals surface area contributed by atoms with Gasteiger partial charge in [0.2, 0.25) is 11.0 Å². The normalized spacial score (nSPS) is 10.5. The molecule has 128 valence electrons. The number of carbonyl (C=O) groups excluding carboxylic acids is 1. The molecule has 0 aliphatic carbocycles. The third kappa shape index (κ3) is 4.83. The van der Waals surface area contributed by atoms with Crippen LogP contribution >= 0.6 is 27.3 Å². The fraction of sp³-hybridized carbons (Fsp3) is 0.176. The molecule has 0 atom stereocenters. The van der Waals surface area contributed by atoms with Crippen molar-refractivity contribution in [3.05, 3.63) is 57.6 Å². The van der Waals surface area contributed by atoms with E-state index in [0.717, 1.165) is 22.3 Å². The minimum Gasteiger partial charge on any atom is -0.439 e. The van der Waals surface area contributed by atoms with E-state index in [9.17, 15) is 4.79 Å². The summed E-state index contributed by atoms with van der Waals surface area (Å²) in [5.74, 6) is 0.799. The van der Waals surface area contributed by atoms with Crippen molar-refractivity contribution in [2.45, 2.75) is 19.8 Å². The topological polar surface area (TPSA) is 77.0 Å². The first-order valence-electron chi connectivity index (χ1n) is 7.67. The summed E-state index contributed by atoms with van der Waals surface area (Å²) < 4.78 is 6.57.